The fraction of sp³-hybridized carbons (Fsp3) is 0.556. The van der Waals surface area contributed by atoms with E-state index >= 15 is 0 Å². The lowest BCUT2D eigenvalue weighted by Crippen LogP contribution is -2.36. The molecule has 1 atom stereocenters. The van der Waals surface area contributed by atoms with E-state index in [1.807, 2.05) is 24.9 Å². The molecule has 1 amide bonds. The number of carbonyl (C=O) groups is 1. The van der Waals surface area contributed by atoms with Gasteiger partial charge in [0.15, 0.2) is 0 Å². The van der Waals surface area contributed by atoms with Gasteiger partial charge in [0.1, 0.15) is 0 Å². The second-order valence-electron chi connectivity index (χ2n) is 6.78. The summed E-state index contributed by atoms with van der Waals surface area (Å²) < 4.78 is 3.30. The van der Waals surface area contributed by atoms with Gasteiger partial charge < -0.3 is 4.90 Å². The van der Waals surface area contributed by atoms with Crippen LogP contribution in [0.15, 0.2) is 17.1 Å². The lowest BCUT2D eigenvalue weighted by molar-refractivity contribution is -0.135. The SMILES string of the molecule is CCn1ncc(CN(C)C(=O)C2CCc3nn(C)c(=O)cc3C2)c1C. The van der Waals surface area contributed by atoms with Crippen molar-refractivity contribution >= 4 is 5.91 Å². The first-order chi connectivity index (χ1) is 11.9. The van der Waals surface area contributed by atoms with Crippen molar-refractivity contribution < 1.29 is 4.79 Å². The summed E-state index contributed by atoms with van der Waals surface area (Å²) >= 11 is 0. The Morgan fingerprint density at radius 3 is 2.88 bits per heavy atom. The summed E-state index contributed by atoms with van der Waals surface area (Å²) in [6.45, 7) is 5.46. The molecule has 0 aromatic carbocycles. The van der Waals surface area contributed by atoms with Crippen LogP contribution in [0.3, 0.4) is 0 Å². The lowest BCUT2D eigenvalue weighted by atomic mass is 9.86. The number of hydrogen-bond donors (Lipinski definition) is 0. The first kappa shape index (κ1) is 17.4. The molecule has 2 aromatic rings. The van der Waals surface area contributed by atoms with Crippen molar-refractivity contribution in [1.29, 1.82) is 0 Å². The van der Waals surface area contributed by atoms with Crippen LogP contribution in [0, 0.1) is 12.8 Å². The standard InChI is InChI=1S/C18H25N5O2/c1-5-23-12(2)15(10-19-23)11-21(3)18(25)13-6-7-16-14(8-13)9-17(24)22(4)20-16/h9-10,13H,5-8,11H2,1-4H3. The van der Waals surface area contributed by atoms with Gasteiger partial charge in [-0.1, -0.05) is 0 Å². The molecule has 2 aromatic heterocycles. The van der Waals surface area contributed by atoms with Gasteiger partial charge in [-0.25, -0.2) is 4.68 Å². The van der Waals surface area contributed by atoms with Crippen LogP contribution < -0.4 is 5.56 Å². The topological polar surface area (TPSA) is 73.0 Å². The Hall–Kier alpha value is -2.44. The van der Waals surface area contributed by atoms with E-state index in [1.165, 1.54) is 4.68 Å². The van der Waals surface area contributed by atoms with Gasteiger partial charge in [0, 0.05) is 50.4 Å². The van der Waals surface area contributed by atoms with E-state index in [0.717, 1.165) is 41.9 Å². The molecule has 7 nitrogen and oxygen atoms in total. The first-order valence-corrected chi connectivity index (χ1v) is 8.73. The molecule has 25 heavy (non-hydrogen) atoms. The Bertz CT molecular complexity index is 852. The van der Waals surface area contributed by atoms with E-state index in [1.54, 1.807) is 18.0 Å². The zero-order valence-corrected chi connectivity index (χ0v) is 15.3. The van der Waals surface area contributed by atoms with Gasteiger partial charge in [-0.05, 0) is 38.7 Å². The van der Waals surface area contributed by atoms with Gasteiger partial charge >= 0.3 is 0 Å². The van der Waals surface area contributed by atoms with Crippen LogP contribution in [-0.4, -0.2) is 37.4 Å². The average Bonchev–Trinajstić information content (AvgIpc) is 2.94. The summed E-state index contributed by atoms with van der Waals surface area (Å²) in [7, 11) is 3.50. The van der Waals surface area contributed by atoms with Gasteiger partial charge in [-0.2, -0.15) is 10.2 Å². The fourth-order valence-electron chi connectivity index (χ4n) is 3.50. The third-order valence-electron chi connectivity index (χ3n) is 5.09. The number of aromatic nitrogens is 4. The Balaban J connectivity index is 1.71. The molecule has 0 saturated heterocycles. The average molecular weight is 343 g/mol. The summed E-state index contributed by atoms with van der Waals surface area (Å²) in [5.41, 5.74) is 3.90. The Kier molecular flexibility index (Phi) is 4.74. The Morgan fingerprint density at radius 1 is 1.44 bits per heavy atom. The van der Waals surface area contributed by atoms with Crippen molar-refractivity contribution in [2.24, 2.45) is 13.0 Å². The molecular weight excluding hydrogens is 318 g/mol. The van der Waals surface area contributed by atoms with E-state index in [9.17, 15) is 9.59 Å². The molecular formula is C18H25N5O2. The summed E-state index contributed by atoms with van der Waals surface area (Å²) in [6, 6.07) is 1.62. The summed E-state index contributed by atoms with van der Waals surface area (Å²) in [4.78, 5) is 26.4. The molecule has 3 rings (SSSR count). The number of carbonyl (C=O) groups excluding carboxylic acids is 1. The van der Waals surface area contributed by atoms with Crippen LogP contribution in [0.4, 0.5) is 0 Å². The number of fused-ring (bicyclic) bond motifs is 1. The van der Waals surface area contributed by atoms with Gasteiger partial charge in [-0.15, -0.1) is 0 Å². The van der Waals surface area contributed by atoms with Gasteiger partial charge in [0.2, 0.25) is 5.91 Å². The molecule has 7 heteroatoms. The van der Waals surface area contributed by atoms with Crippen LogP contribution in [0.1, 0.15) is 35.9 Å². The molecule has 0 bridgehead atoms. The predicted molar refractivity (Wildman–Crippen MR) is 94.1 cm³/mol. The molecule has 134 valence electrons. The summed E-state index contributed by atoms with van der Waals surface area (Å²) in [6.07, 6.45) is 3.94. The van der Waals surface area contributed by atoms with Gasteiger partial charge in [-0.3, -0.25) is 14.3 Å². The number of amides is 1. The minimum absolute atomic E-state index is 0.0899. The highest BCUT2D eigenvalue weighted by Crippen LogP contribution is 2.25. The molecule has 0 fully saturated rings. The van der Waals surface area contributed by atoms with Gasteiger partial charge in [0.05, 0.1) is 11.9 Å². The Labute approximate surface area is 147 Å². The van der Waals surface area contributed by atoms with Crippen LogP contribution in [0.5, 0.6) is 0 Å². The van der Waals surface area contributed by atoms with E-state index in [-0.39, 0.29) is 17.4 Å². The maximum absolute atomic E-state index is 12.8. The Morgan fingerprint density at radius 2 is 2.20 bits per heavy atom. The molecule has 0 aliphatic heterocycles. The first-order valence-electron chi connectivity index (χ1n) is 8.73. The molecule has 0 spiro atoms. The van der Waals surface area contributed by atoms with Gasteiger partial charge in [0.25, 0.3) is 5.56 Å². The molecule has 2 heterocycles. The second-order valence-corrected chi connectivity index (χ2v) is 6.78. The quantitative estimate of drug-likeness (QED) is 0.832. The molecule has 1 aliphatic carbocycles. The molecule has 0 radical (unpaired) electrons. The van der Waals surface area contributed by atoms with E-state index in [0.29, 0.717) is 13.0 Å². The third kappa shape index (κ3) is 3.36. The van der Waals surface area contributed by atoms with E-state index in [2.05, 4.69) is 17.1 Å². The maximum Gasteiger partial charge on any atom is 0.266 e. The van der Waals surface area contributed by atoms with Crippen LogP contribution in [0.25, 0.3) is 0 Å². The predicted octanol–water partition coefficient (Wildman–Crippen LogP) is 1.07. The van der Waals surface area contributed by atoms with E-state index < -0.39 is 0 Å². The minimum Gasteiger partial charge on any atom is -0.341 e. The minimum atomic E-state index is -0.122. The molecule has 1 unspecified atom stereocenters. The molecule has 0 saturated carbocycles. The lowest BCUT2D eigenvalue weighted by Gasteiger charge is -2.27. The molecule has 0 N–H and O–H groups in total. The highest BCUT2D eigenvalue weighted by atomic mass is 16.2. The largest absolute Gasteiger partial charge is 0.341 e. The fourth-order valence-corrected chi connectivity index (χ4v) is 3.50. The number of hydrogen-bond acceptors (Lipinski definition) is 4. The summed E-state index contributed by atoms with van der Waals surface area (Å²) in [5, 5.41) is 8.65. The smallest absolute Gasteiger partial charge is 0.266 e. The van der Waals surface area contributed by atoms with Crippen molar-refractivity contribution in [1.82, 2.24) is 24.5 Å². The number of rotatable bonds is 4. The normalized spacial score (nSPS) is 16.6. The van der Waals surface area contributed by atoms with Crippen LogP contribution >= 0.6 is 0 Å². The highest BCUT2D eigenvalue weighted by molar-refractivity contribution is 5.79. The second kappa shape index (κ2) is 6.82. The number of nitrogens with zero attached hydrogens (tertiary/aromatic N) is 5. The summed E-state index contributed by atoms with van der Waals surface area (Å²) in [5.74, 6) is 0.0305. The van der Waals surface area contributed by atoms with Crippen molar-refractivity contribution in [2.45, 2.75) is 46.2 Å². The van der Waals surface area contributed by atoms with Crippen LogP contribution in [0.2, 0.25) is 0 Å². The molecule has 1 aliphatic rings. The van der Waals surface area contributed by atoms with Crippen molar-refractivity contribution in [3.05, 3.63) is 45.1 Å². The third-order valence-corrected chi connectivity index (χ3v) is 5.09. The van der Waals surface area contributed by atoms with Crippen LogP contribution in [-0.2, 0) is 37.8 Å². The van der Waals surface area contributed by atoms with Crippen molar-refractivity contribution in [2.75, 3.05) is 7.05 Å². The van der Waals surface area contributed by atoms with Crippen molar-refractivity contribution in [3.63, 3.8) is 0 Å². The van der Waals surface area contributed by atoms with Crippen molar-refractivity contribution in [3.8, 4) is 0 Å². The monoisotopic (exact) mass is 343 g/mol. The number of aryl methyl sites for hydroxylation is 3. The zero-order valence-electron chi connectivity index (χ0n) is 15.3. The maximum atomic E-state index is 12.8. The van der Waals surface area contributed by atoms with E-state index in [4.69, 9.17) is 0 Å². The highest BCUT2D eigenvalue weighted by Gasteiger charge is 2.28. The zero-order chi connectivity index (χ0) is 18.1.